The second kappa shape index (κ2) is 4.87. The van der Waals surface area contributed by atoms with Gasteiger partial charge in [-0.3, -0.25) is 4.79 Å². The number of amides is 1. The van der Waals surface area contributed by atoms with Crippen molar-refractivity contribution in [1.82, 2.24) is 0 Å². The van der Waals surface area contributed by atoms with E-state index in [1.807, 2.05) is 6.07 Å². The van der Waals surface area contributed by atoms with E-state index in [1.54, 1.807) is 37.3 Å². The Balaban J connectivity index is 2.38. The molecule has 4 nitrogen and oxygen atoms in total. The summed E-state index contributed by atoms with van der Waals surface area (Å²) in [5, 5.41) is 13.4. The van der Waals surface area contributed by atoms with Crippen molar-refractivity contribution >= 4 is 28.3 Å². The number of benzene rings is 2. The van der Waals surface area contributed by atoms with Crippen molar-refractivity contribution in [2.75, 3.05) is 5.32 Å². The topological polar surface area (TPSA) is 66.4 Å². The first-order chi connectivity index (χ1) is 8.60. The summed E-state index contributed by atoms with van der Waals surface area (Å²) in [6.07, 6.45) is 0.427. The molecule has 0 atom stereocenters. The van der Waals surface area contributed by atoms with Gasteiger partial charge in [0.1, 0.15) is 0 Å². The fraction of sp³-hybridized carbons (Fsp3) is 0.143. The van der Waals surface area contributed by atoms with Crippen LogP contribution in [-0.2, 0) is 4.79 Å². The van der Waals surface area contributed by atoms with E-state index in [1.165, 1.54) is 0 Å². The molecule has 0 aromatic heterocycles. The SMILES string of the molecule is CCC(=O)Nc1ccc2cc(C(=O)O)ccc2c1. The number of fused-ring (bicyclic) bond motifs is 1. The molecule has 0 heterocycles. The zero-order valence-corrected chi connectivity index (χ0v) is 9.93. The van der Waals surface area contributed by atoms with Crippen LogP contribution >= 0.6 is 0 Å². The third-order valence-electron chi connectivity index (χ3n) is 2.69. The van der Waals surface area contributed by atoms with Gasteiger partial charge in [-0.05, 0) is 35.0 Å². The third kappa shape index (κ3) is 2.48. The predicted molar refractivity (Wildman–Crippen MR) is 69.8 cm³/mol. The highest BCUT2D eigenvalue weighted by atomic mass is 16.4. The number of aromatic carboxylic acids is 1. The molecule has 4 heteroatoms. The molecule has 2 rings (SSSR count). The highest BCUT2D eigenvalue weighted by molar-refractivity contribution is 5.97. The van der Waals surface area contributed by atoms with Crippen LogP contribution in [0.15, 0.2) is 36.4 Å². The molecule has 0 aliphatic carbocycles. The molecule has 92 valence electrons. The minimum Gasteiger partial charge on any atom is -0.478 e. The highest BCUT2D eigenvalue weighted by Gasteiger charge is 2.05. The molecule has 0 spiro atoms. The zero-order valence-electron chi connectivity index (χ0n) is 9.93. The summed E-state index contributed by atoms with van der Waals surface area (Å²) in [6.45, 7) is 1.79. The maximum Gasteiger partial charge on any atom is 0.335 e. The van der Waals surface area contributed by atoms with Gasteiger partial charge in [0.25, 0.3) is 0 Å². The maximum absolute atomic E-state index is 11.3. The first-order valence-electron chi connectivity index (χ1n) is 5.67. The minimum atomic E-state index is -0.944. The number of carbonyl (C=O) groups is 2. The van der Waals surface area contributed by atoms with E-state index < -0.39 is 5.97 Å². The van der Waals surface area contributed by atoms with Crippen molar-refractivity contribution in [2.45, 2.75) is 13.3 Å². The number of hydrogen-bond donors (Lipinski definition) is 2. The monoisotopic (exact) mass is 243 g/mol. The Kier molecular flexibility index (Phi) is 3.28. The quantitative estimate of drug-likeness (QED) is 0.871. The average Bonchev–Trinajstić information content (AvgIpc) is 2.37. The molecule has 0 aliphatic rings. The zero-order chi connectivity index (χ0) is 13.1. The number of anilines is 1. The van der Waals surface area contributed by atoms with E-state index >= 15 is 0 Å². The third-order valence-corrected chi connectivity index (χ3v) is 2.69. The van der Waals surface area contributed by atoms with Gasteiger partial charge in [0.05, 0.1) is 5.56 Å². The molecular formula is C14H13NO3. The summed E-state index contributed by atoms with van der Waals surface area (Å²) in [6, 6.07) is 10.3. The van der Waals surface area contributed by atoms with Crippen LogP contribution in [0, 0.1) is 0 Å². The molecule has 0 fully saturated rings. The Morgan fingerprint density at radius 1 is 1.11 bits per heavy atom. The van der Waals surface area contributed by atoms with Crippen LogP contribution in [0.25, 0.3) is 10.8 Å². The van der Waals surface area contributed by atoms with Gasteiger partial charge in [-0.15, -0.1) is 0 Å². The van der Waals surface area contributed by atoms with Crippen LogP contribution in [0.5, 0.6) is 0 Å². The van der Waals surface area contributed by atoms with Crippen LogP contribution in [0.4, 0.5) is 5.69 Å². The molecule has 2 aromatic rings. The molecule has 2 N–H and O–H groups in total. The van der Waals surface area contributed by atoms with Crippen molar-refractivity contribution < 1.29 is 14.7 Å². The number of carbonyl (C=O) groups excluding carboxylic acids is 1. The Morgan fingerprint density at radius 2 is 1.78 bits per heavy atom. The lowest BCUT2D eigenvalue weighted by molar-refractivity contribution is -0.115. The summed E-state index contributed by atoms with van der Waals surface area (Å²) in [7, 11) is 0. The second-order valence-electron chi connectivity index (χ2n) is 3.98. The van der Waals surface area contributed by atoms with Gasteiger partial charge in [-0.25, -0.2) is 4.79 Å². The summed E-state index contributed by atoms with van der Waals surface area (Å²) in [4.78, 5) is 22.1. The minimum absolute atomic E-state index is 0.0449. The molecule has 0 unspecified atom stereocenters. The average molecular weight is 243 g/mol. The van der Waals surface area contributed by atoms with Gasteiger partial charge in [0, 0.05) is 12.1 Å². The van der Waals surface area contributed by atoms with Gasteiger partial charge in [-0.1, -0.05) is 19.1 Å². The largest absolute Gasteiger partial charge is 0.478 e. The number of carboxylic acid groups (broad SMARTS) is 1. The number of hydrogen-bond acceptors (Lipinski definition) is 2. The molecular weight excluding hydrogens is 230 g/mol. The fourth-order valence-corrected chi connectivity index (χ4v) is 1.71. The van der Waals surface area contributed by atoms with Crippen LogP contribution in [0.3, 0.4) is 0 Å². The molecule has 0 aliphatic heterocycles. The van der Waals surface area contributed by atoms with E-state index in [-0.39, 0.29) is 11.5 Å². The molecule has 18 heavy (non-hydrogen) atoms. The highest BCUT2D eigenvalue weighted by Crippen LogP contribution is 2.20. The van der Waals surface area contributed by atoms with E-state index in [0.29, 0.717) is 6.42 Å². The van der Waals surface area contributed by atoms with Gasteiger partial charge in [-0.2, -0.15) is 0 Å². The van der Waals surface area contributed by atoms with E-state index in [4.69, 9.17) is 5.11 Å². The van der Waals surface area contributed by atoms with Crippen molar-refractivity contribution in [3.63, 3.8) is 0 Å². The summed E-state index contributed by atoms with van der Waals surface area (Å²) in [5.74, 6) is -0.989. The van der Waals surface area contributed by atoms with Crippen LogP contribution in [-0.4, -0.2) is 17.0 Å². The molecule has 1 amide bonds. The molecule has 0 radical (unpaired) electrons. The fourth-order valence-electron chi connectivity index (χ4n) is 1.71. The van der Waals surface area contributed by atoms with Gasteiger partial charge in [0.2, 0.25) is 5.91 Å². The Bertz CT molecular complexity index is 619. The van der Waals surface area contributed by atoms with Crippen LogP contribution < -0.4 is 5.32 Å². The first-order valence-corrected chi connectivity index (χ1v) is 5.67. The maximum atomic E-state index is 11.3. The molecule has 0 saturated carbocycles. The number of nitrogens with one attached hydrogen (secondary N) is 1. The Morgan fingerprint density at radius 3 is 2.44 bits per heavy atom. The number of rotatable bonds is 3. The summed E-state index contributed by atoms with van der Waals surface area (Å²) >= 11 is 0. The standard InChI is InChI=1S/C14H13NO3/c1-2-13(16)15-12-6-5-9-7-11(14(17)18)4-3-10(9)8-12/h3-8H,2H2,1H3,(H,15,16)(H,17,18). The Hall–Kier alpha value is -2.36. The first kappa shape index (κ1) is 12.1. The van der Waals surface area contributed by atoms with Gasteiger partial charge in [0.15, 0.2) is 0 Å². The molecule has 0 bridgehead atoms. The summed E-state index contributed by atoms with van der Waals surface area (Å²) in [5.41, 5.74) is 0.977. The van der Waals surface area contributed by atoms with Crippen molar-refractivity contribution in [3.05, 3.63) is 42.0 Å². The smallest absolute Gasteiger partial charge is 0.335 e. The lowest BCUT2D eigenvalue weighted by Gasteiger charge is -2.06. The van der Waals surface area contributed by atoms with E-state index in [2.05, 4.69) is 5.32 Å². The Labute approximate surface area is 104 Å². The van der Waals surface area contributed by atoms with Crippen LogP contribution in [0.2, 0.25) is 0 Å². The summed E-state index contributed by atoms with van der Waals surface area (Å²) < 4.78 is 0. The van der Waals surface area contributed by atoms with Gasteiger partial charge < -0.3 is 10.4 Å². The van der Waals surface area contributed by atoms with Crippen molar-refractivity contribution in [3.8, 4) is 0 Å². The molecule has 2 aromatic carbocycles. The van der Waals surface area contributed by atoms with Gasteiger partial charge >= 0.3 is 5.97 Å². The van der Waals surface area contributed by atoms with E-state index in [9.17, 15) is 9.59 Å². The second-order valence-corrected chi connectivity index (χ2v) is 3.98. The van der Waals surface area contributed by atoms with E-state index in [0.717, 1.165) is 16.5 Å². The van der Waals surface area contributed by atoms with Crippen molar-refractivity contribution in [2.24, 2.45) is 0 Å². The number of carboxylic acids is 1. The molecule has 0 saturated heterocycles. The van der Waals surface area contributed by atoms with Crippen molar-refractivity contribution in [1.29, 1.82) is 0 Å². The lowest BCUT2D eigenvalue weighted by atomic mass is 10.1. The lowest BCUT2D eigenvalue weighted by Crippen LogP contribution is -2.09. The van der Waals surface area contributed by atoms with Crippen LogP contribution in [0.1, 0.15) is 23.7 Å². The normalized spacial score (nSPS) is 10.3. The predicted octanol–water partition coefficient (Wildman–Crippen LogP) is 2.89.